The third-order valence-electron chi connectivity index (χ3n) is 5.46. The summed E-state index contributed by atoms with van der Waals surface area (Å²) in [6, 6.07) is 14.9. The topological polar surface area (TPSA) is 74.8 Å². The van der Waals surface area contributed by atoms with E-state index in [0.717, 1.165) is 18.6 Å². The van der Waals surface area contributed by atoms with Crippen molar-refractivity contribution in [2.75, 3.05) is 0 Å². The van der Waals surface area contributed by atoms with E-state index in [2.05, 4.69) is 4.98 Å². The fourth-order valence-electron chi connectivity index (χ4n) is 3.85. The molecule has 8 heteroatoms. The van der Waals surface area contributed by atoms with Gasteiger partial charge in [0.15, 0.2) is 0 Å². The number of fused-ring (bicyclic) bond motifs is 1. The molecule has 2 aromatic carbocycles. The van der Waals surface area contributed by atoms with Gasteiger partial charge in [0.1, 0.15) is 11.8 Å². The van der Waals surface area contributed by atoms with Crippen LogP contribution in [0, 0.1) is 0 Å². The lowest BCUT2D eigenvalue weighted by atomic mass is 9.96. The maximum Gasteiger partial charge on any atom is 0.416 e. The summed E-state index contributed by atoms with van der Waals surface area (Å²) in [4.78, 5) is 15.8. The molecule has 0 radical (unpaired) electrons. The molecule has 33 heavy (non-hydrogen) atoms. The molecule has 0 fully saturated rings. The Morgan fingerprint density at radius 1 is 1.09 bits per heavy atom. The van der Waals surface area contributed by atoms with E-state index in [1.165, 1.54) is 10.5 Å². The van der Waals surface area contributed by atoms with Crippen LogP contribution in [0.2, 0.25) is 0 Å². The van der Waals surface area contributed by atoms with Crippen LogP contribution in [0.25, 0.3) is 16.8 Å². The van der Waals surface area contributed by atoms with Gasteiger partial charge in [-0.15, -0.1) is 0 Å². The van der Waals surface area contributed by atoms with Gasteiger partial charge in [-0.25, -0.2) is 9.78 Å². The fourth-order valence-corrected chi connectivity index (χ4v) is 3.85. The zero-order valence-electron chi connectivity index (χ0n) is 17.7. The zero-order valence-corrected chi connectivity index (χ0v) is 17.7. The minimum Gasteiger partial charge on any atom is -0.478 e. The number of aromatic carboxylic acids is 1. The Morgan fingerprint density at radius 2 is 1.79 bits per heavy atom. The monoisotopic (exact) mass is 454 g/mol. The summed E-state index contributed by atoms with van der Waals surface area (Å²) in [6.07, 6.45) is -2.89. The molecule has 2 heterocycles. The lowest BCUT2D eigenvalue weighted by Crippen LogP contribution is -2.11. The molecule has 0 spiro atoms. The number of alkyl halides is 3. The van der Waals surface area contributed by atoms with Crippen LogP contribution in [-0.2, 0) is 12.6 Å². The number of aliphatic hydroxyl groups is 1. The van der Waals surface area contributed by atoms with Crippen LogP contribution >= 0.6 is 0 Å². The molecular weight excluding hydrogens is 433 g/mol. The Balaban J connectivity index is 1.77. The largest absolute Gasteiger partial charge is 0.478 e. The number of aromatic nitrogens is 2. The number of aliphatic hydroxyl groups excluding tert-OH is 1. The molecule has 0 aliphatic rings. The summed E-state index contributed by atoms with van der Waals surface area (Å²) < 4.78 is 42.0. The van der Waals surface area contributed by atoms with Gasteiger partial charge in [0.25, 0.3) is 0 Å². The fraction of sp³-hybridized carbons (Fsp3) is 0.200. The van der Waals surface area contributed by atoms with Crippen LogP contribution in [0.4, 0.5) is 13.2 Å². The summed E-state index contributed by atoms with van der Waals surface area (Å²) in [5.74, 6) is -1.07. The second-order valence-corrected chi connectivity index (χ2v) is 7.75. The van der Waals surface area contributed by atoms with E-state index >= 15 is 0 Å². The predicted octanol–water partition coefficient (Wildman–Crippen LogP) is 5.75. The van der Waals surface area contributed by atoms with Gasteiger partial charge in [-0.2, -0.15) is 13.2 Å². The van der Waals surface area contributed by atoms with Gasteiger partial charge in [-0.1, -0.05) is 55.8 Å². The van der Waals surface area contributed by atoms with Gasteiger partial charge in [-0.05, 0) is 41.3 Å². The second kappa shape index (κ2) is 8.71. The predicted molar refractivity (Wildman–Crippen MR) is 117 cm³/mol. The minimum absolute atomic E-state index is 0.0494. The van der Waals surface area contributed by atoms with Crippen LogP contribution in [0.1, 0.15) is 52.3 Å². The molecule has 0 amide bonds. The van der Waals surface area contributed by atoms with Crippen LogP contribution in [0.15, 0.2) is 66.9 Å². The molecule has 4 rings (SSSR count). The van der Waals surface area contributed by atoms with Gasteiger partial charge >= 0.3 is 12.1 Å². The Bertz CT molecular complexity index is 1310. The van der Waals surface area contributed by atoms with Crippen molar-refractivity contribution < 1.29 is 28.2 Å². The summed E-state index contributed by atoms with van der Waals surface area (Å²) in [5, 5.41) is 20.4. The number of carbonyl (C=O) groups is 1. The molecule has 0 aliphatic heterocycles. The van der Waals surface area contributed by atoms with Crippen molar-refractivity contribution >= 4 is 11.6 Å². The highest BCUT2D eigenvalue weighted by Crippen LogP contribution is 2.34. The summed E-state index contributed by atoms with van der Waals surface area (Å²) in [6.45, 7) is 1.95. The van der Waals surface area contributed by atoms with E-state index in [1.54, 1.807) is 48.7 Å². The smallest absolute Gasteiger partial charge is 0.416 e. The number of carboxylic acid groups (broad SMARTS) is 1. The average molecular weight is 454 g/mol. The van der Waals surface area contributed by atoms with E-state index < -0.39 is 23.8 Å². The van der Waals surface area contributed by atoms with Crippen LogP contribution in [0.5, 0.6) is 0 Å². The standard InChI is InChI=1S/C25H21F3N2O3/c1-2-5-18-14-30-21(12-17(25(26,27)28)13-22(30)29-18)23(31)16-10-8-15(9-11-16)19-6-3-4-7-20(19)24(32)33/h3-4,6-14,23,31H,2,5H2,1H3,(H,32,33). The first-order valence-corrected chi connectivity index (χ1v) is 10.4. The number of benzene rings is 2. The summed E-state index contributed by atoms with van der Waals surface area (Å²) in [7, 11) is 0. The summed E-state index contributed by atoms with van der Waals surface area (Å²) >= 11 is 0. The molecule has 0 saturated carbocycles. The number of hydrogen-bond acceptors (Lipinski definition) is 3. The Hall–Kier alpha value is -3.65. The van der Waals surface area contributed by atoms with Gasteiger partial charge in [0.2, 0.25) is 0 Å². The first-order chi connectivity index (χ1) is 15.7. The van der Waals surface area contributed by atoms with E-state index in [1.807, 2.05) is 6.92 Å². The van der Waals surface area contributed by atoms with Gasteiger partial charge < -0.3 is 14.6 Å². The molecule has 2 N–H and O–H groups in total. The molecule has 1 atom stereocenters. The van der Waals surface area contributed by atoms with Crippen LogP contribution in [0.3, 0.4) is 0 Å². The van der Waals surface area contributed by atoms with Gasteiger partial charge in [0, 0.05) is 6.20 Å². The minimum atomic E-state index is -4.59. The number of pyridine rings is 1. The third-order valence-corrected chi connectivity index (χ3v) is 5.46. The third kappa shape index (κ3) is 4.47. The highest BCUT2D eigenvalue weighted by atomic mass is 19.4. The van der Waals surface area contributed by atoms with Crippen LogP contribution < -0.4 is 0 Å². The van der Waals surface area contributed by atoms with Crippen molar-refractivity contribution in [1.82, 2.24) is 9.38 Å². The lowest BCUT2D eigenvalue weighted by molar-refractivity contribution is -0.137. The number of rotatable bonds is 6. The van der Waals surface area contributed by atoms with Crippen molar-refractivity contribution in [2.45, 2.75) is 32.0 Å². The van der Waals surface area contributed by atoms with Crippen molar-refractivity contribution in [3.05, 3.63) is 94.9 Å². The lowest BCUT2D eigenvalue weighted by Gasteiger charge is -2.17. The molecule has 170 valence electrons. The number of halogens is 3. The molecule has 0 bridgehead atoms. The summed E-state index contributed by atoms with van der Waals surface area (Å²) in [5.41, 5.74) is 1.56. The normalized spacial score (nSPS) is 12.8. The Kier molecular flexibility index (Phi) is 5.95. The molecular formula is C25H21F3N2O3. The zero-order chi connectivity index (χ0) is 23.8. The molecule has 1 unspecified atom stereocenters. The highest BCUT2D eigenvalue weighted by Gasteiger charge is 2.33. The van der Waals surface area contributed by atoms with Crippen molar-refractivity contribution in [2.24, 2.45) is 0 Å². The maximum absolute atomic E-state index is 13.5. The Labute approximate surface area is 187 Å². The van der Waals surface area contributed by atoms with Crippen molar-refractivity contribution in [3.63, 3.8) is 0 Å². The van der Waals surface area contributed by atoms with Crippen LogP contribution in [-0.4, -0.2) is 25.6 Å². The Morgan fingerprint density at radius 3 is 2.42 bits per heavy atom. The van der Waals surface area contributed by atoms with Crippen molar-refractivity contribution in [1.29, 1.82) is 0 Å². The SMILES string of the molecule is CCCc1cn2c(C(O)c3ccc(-c4ccccc4C(=O)O)cc3)cc(C(F)(F)F)cc2n1. The van der Waals surface area contributed by atoms with Gasteiger partial charge in [-0.3, -0.25) is 0 Å². The number of nitrogens with zero attached hydrogens (tertiary/aromatic N) is 2. The number of imidazole rings is 1. The number of aryl methyl sites for hydroxylation is 1. The molecule has 4 aromatic rings. The highest BCUT2D eigenvalue weighted by molar-refractivity contribution is 5.96. The molecule has 2 aromatic heterocycles. The first kappa shape index (κ1) is 22.5. The number of hydrogen-bond donors (Lipinski definition) is 2. The quantitative estimate of drug-likeness (QED) is 0.389. The maximum atomic E-state index is 13.5. The van der Waals surface area contributed by atoms with E-state index in [9.17, 15) is 28.2 Å². The first-order valence-electron chi connectivity index (χ1n) is 10.4. The second-order valence-electron chi connectivity index (χ2n) is 7.75. The van der Waals surface area contributed by atoms with Crippen molar-refractivity contribution in [3.8, 4) is 11.1 Å². The molecule has 5 nitrogen and oxygen atoms in total. The molecule has 0 saturated heterocycles. The van der Waals surface area contributed by atoms with Gasteiger partial charge in [0.05, 0.1) is 22.5 Å². The average Bonchev–Trinajstić information content (AvgIpc) is 3.20. The molecule has 0 aliphatic carbocycles. The van der Waals surface area contributed by atoms with E-state index in [4.69, 9.17) is 0 Å². The van der Waals surface area contributed by atoms with E-state index in [0.29, 0.717) is 28.8 Å². The number of carboxylic acids is 1. The van der Waals surface area contributed by atoms with E-state index in [-0.39, 0.29) is 16.9 Å².